The standard InChI is InChI=1S/C16H11BrN2OS2/c17-12-6-4-5-11(9-12)10-14-15(20)19(16(21)22-14)18-13-7-2-1-3-8-13/h1-10,18H/b14-10-. The SMILES string of the molecule is O=C1/C(=C/c2cccc(Br)c2)SC(=S)N1Nc1ccccc1. The van der Waals surface area contributed by atoms with Gasteiger partial charge in [-0.25, -0.2) is 5.01 Å². The van der Waals surface area contributed by atoms with E-state index in [4.69, 9.17) is 12.2 Å². The van der Waals surface area contributed by atoms with Gasteiger partial charge in [-0.15, -0.1) is 0 Å². The lowest BCUT2D eigenvalue weighted by molar-refractivity contribution is -0.121. The predicted octanol–water partition coefficient (Wildman–Crippen LogP) is 4.68. The third-order valence-electron chi connectivity index (χ3n) is 2.95. The van der Waals surface area contributed by atoms with Crippen molar-refractivity contribution in [2.24, 2.45) is 0 Å². The second-order valence-electron chi connectivity index (χ2n) is 4.55. The van der Waals surface area contributed by atoms with E-state index >= 15 is 0 Å². The van der Waals surface area contributed by atoms with Crippen LogP contribution in [0.4, 0.5) is 5.69 Å². The molecular formula is C16H11BrN2OS2. The van der Waals surface area contributed by atoms with Crippen LogP contribution in [0.2, 0.25) is 0 Å². The molecule has 1 saturated heterocycles. The molecule has 1 aliphatic rings. The van der Waals surface area contributed by atoms with Gasteiger partial charge < -0.3 is 0 Å². The smallest absolute Gasteiger partial charge is 0.285 e. The van der Waals surface area contributed by atoms with E-state index in [1.807, 2.05) is 60.7 Å². The molecule has 1 aliphatic heterocycles. The highest BCUT2D eigenvalue weighted by Crippen LogP contribution is 2.33. The molecule has 0 bridgehead atoms. The zero-order valence-electron chi connectivity index (χ0n) is 11.3. The maximum absolute atomic E-state index is 12.5. The summed E-state index contributed by atoms with van der Waals surface area (Å²) in [6, 6.07) is 17.3. The number of para-hydroxylation sites is 1. The zero-order valence-corrected chi connectivity index (χ0v) is 14.5. The largest absolute Gasteiger partial charge is 0.290 e. The Hall–Kier alpha value is -1.63. The Morgan fingerprint density at radius 3 is 2.64 bits per heavy atom. The van der Waals surface area contributed by atoms with E-state index in [-0.39, 0.29) is 5.91 Å². The van der Waals surface area contributed by atoms with E-state index in [0.29, 0.717) is 9.23 Å². The van der Waals surface area contributed by atoms with Gasteiger partial charge in [0.15, 0.2) is 4.32 Å². The molecule has 1 fully saturated rings. The average molecular weight is 391 g/mol. The first-order valence-electron chi connectivity index (χ1n) is 6.49. The minimum absolute atomic E-state index is 0.140. The van der Waals surface area contributed by atoms with Gasteiger partial charge in [0.1, 0.15) is 0 Å². The lowest BCUT2D eigenvalue weighted by Crippen LogP contribution is -2.33. The van der Waals surface area contributed by atoms with Crippen LogP contribution in [0.25, 0.3) is 6.08 Å². The molecule has 0 aromatic heterocycles. The summed E-state index contributed by atoms with van der Waals surface area (Å²) < 4.78 is 1.47. The zero-order chi connectivity index (χ0) is 15.5. The third kappa shape index (κ3) is 3.40. The van der Waals surface area contributed by atoms with Crippen molar-refractivity contribution >= 4 is 61.9 Å². The number of hydrogen-bond donors (Lipinski definition) is 1. The molecule has 1 amide bonds. The van der Waals surface area contributed by atoms with E-state index in [2.05, 4.69) is 21.4 Å². The number of nitrogens with one attached hydrogen (secondary N) is 1. The summed E-state index contributed by atoms with van der Waals surface area (Å²) in [5.74, 6) is -0.140. The van der Waals surface area contributed by atoms with E-state index in [9.17, 15) is 4.79 Å². The van der Waals surface area contributed by atoms with Crippen LogP contribution in [0.15, 0.2) is 64.0 Å². The number of amides is 1. The molecule has 0 aliphatic carbocycles. The predicted molar refractivity (Wildman–Crippen MR) is 99.2 cm³/mol. The fourth-order valence-electron chi connectivity index (χ4n) is 1.95. The van der Waals surface area contributed by atoms with Crippen molar-refractivity contribution in [2.45, 2.75) is 0 Å². The molecule has 1 heterocycles. The first-order chi connectivity index (χ1) is 10.6. The highest BCUT2D eigenvalue weighted by atomic mass is 79.9. The second kappa shape index (κ2) is 6.64. The lowest BCUT2D eigenvalue weighted by Gasteiger charge is -2.16. The molecule has 2 aromatic carbocycles. The summed E-state index contributed by atoms with van der Waals surface area (Å²) in [6.45, 7) is 0. The van der Waals surface area contributed by atoms with E-state index in [1.54, 1.807) is 0 Å². The summed E-state index contributed by atoms with van der Waals surface area (Å²) in [6.07, 6.45) is 1.84. The van der Waals surface area contributed by atoms with Crippen LogP contribution in [0.1, 0.15) is 5.56 Å². The van der Waals surface area contributed by atoms with Crippen molar-refractivity contribution < 1.29 is 4.79 Å². The third-order valence-corrected chi connectivity index (χ3v) is 4.75. The van der Waals surface area contributed by atoms with Gasteiger partial charge in [0, 0.05) is 4.47 Å². The molecular weight excluding hydrogens is 380 g/mol. The molecule has 110 valence electrons. The van der Waals surface area contributed by atoms with Crippen LogP contribution in [0.3, 0.4) is 0 Å². The Morgan fingerprint density at radius 1 is 1.14 bits per heavy atom. The van der Waals surface area contributed by atoms with Crippen molar-refractivity contribution in [1.82, 2.24) is 5.01 Å². The van der Waals surface area contributed by atoms with Gasteiger partial charge in [-0.3, -0.25) is 10.2 Å². The van der Waals surface area contributed by atoms with Crippen LogP contribution in [-0.2, 0) is 4.79 Å². The Kier molecular flexibility index (Phi) is 4.61. The number of anilines is 1. The quantitative estimate of drug-likeness (QED) is 0.609. The number of benzene rings is 2. The average Bonchev–Trinajstić information content (AvgIpc) is 2.76. The fourth-order valence-corrected chi connectivity index (χ4v) is 3.55. The van der Waals surface area contributed by atoms with E-state index in [0.717, 1.165) is 15.7 Å². The number of rotatable bonds is 3. The number of carbonyl (C=O) groups is 1. The summed E-state index contributed by atoms with van der Waals surface area (Å²) >= 11 is 10.0. The van der Waals surface area contributed by atoms with Crippen LogP contribution in [0.5, 0.6) is 0 Å². The Labute approximate surface area is 146 Å². The number of halogens is 1. The van der Waals surface area contributed by atoms with Gasteiger partial charge in [-0.1, -0.05) is 58.0 Å². The van der Waals surface area contributed by atoms with Crippen LogP contribution in [0, 0.1) is 0 Å². The highest BCUT2D eigenvalue weighted by molar-refractivity contribution is 9.10. The maximum atomic E-state index is 12.5. The summed E-state index contributed by atoms with van der Waals surface area (Å²) in [4.78, 5) is 13.1. The molecule has 6 heteroatoms. The summed E-state index contributed by atoms with van der Waals surface area (Å²) in [5, 5.41) is 1.40. The van der Waals surface area contributed by atoms with Crippen molar-refractivity contribution in [1.29, 1.82) is 0 Å². The summed E-state index contributed by atoms with van der Waals surface area (Å²) in [7, 11) is 0. The number of carbonyl (C=O) groups excluding carboxylic acids is 1. The van der Waals surface area contributed by atoms with Gasteiger partial charge in [0.25, 0.3) is 5.91 Å². The molecule has 3 rings (SSSR count). The number of thioether (sulfide) groups is 1. The van der Waals surface area contributed by atoms with E-state index in [1.165, 1.54) is 16.8 Å². The molecule has 0 radical (unpaired) electrons. The number of thiocarbonyl (C=S) groups is 1. The molecule has 0 saturated carbocycles. The topological polar surface area (TPSA) is 32.3 Å². The first kappa shape index (κ1) is 15.3. The molecule has 1 N–H and O–H groups in total. The Bertz CT molecular complexity index is 762. The minimum Gasteiger partial charge on any atom is -0.290 e. The highest BCUT2D eigenvalue weighted by Gasteiger charge is 2.32. The van der Waals surface area contributed by atoms with Crippen molar-refractivity contribution in [2.75, 3.05) is 5.43 Å². The van der Waals surface area contributed by atoms with Crippen LogP contribution in [-0.4, -0.2) is 15.2 Å². The second-order valence-corrected chi connectivity index (χ2v) is 7.14. The number of nitrogens with zero attached hydrogens (tertiary/aromatic N) is 1. The summed E-state index contributed by atoms with van der Waals surface area (Å²) in [5.41, 5.74) is 4.81. The Balaban J connectivity index is 1.82. The number of hydrogen-bond acceptors (Lipinski definition) is 4. The van der Waals surface area contributed by atoms with Gasteiger partial charge >= 0.3 is 0 Å². The van der Waals surface area contributed by atoms with Crippen molar-refractivity contribution in [3.63, 3.8) is 0 Å². The molecule has 22 heavy (non-hydrogen) atoms. The molecule has 0 atom stereocenters. The van der Waals surface area contributed by atoms with Gasteiger partial charge in [0.2, 0.25) is 0 Å². The van der Waals surface area contributed by atoms with E-state index < -0.39 is 0 Å². The van der Waals surface area contributed by atoms with Crippen LogP contribution < -0.4 is 5.43 Å². The molecule has 0 spiro atoms. The van der Waals surface area contributed by atoms with Crippen molar-refractivity contribution in [3.8, 4) is 0 Å². The van der Waals surface area contributed by atoms with Gasteiger partial charge in [-0.05, 0) is 48.1 Å². The Morgan fingerprint density at radius 2 is 1.91 bits per heavy atom. The number of hydrazine groups is 1. The van der Waals surface area contributed by atoms with Crippen molar-refractivity contribution in [3.05, 3.63) is 69.5 Å². The normalized spacial score (nSPS) is 16.4. The van der Waals surface area contributed by atoms with Crippen LogP contribution >= 0.6 is 39.9 Å². The molecule has 2 aromatic rings. The molecule has 0 unspecified atom stereocenters. The first-order valence-corrected chi connectivity index (χ1v) is 8.50. The van der Waals surface area contributed by atoms with Gasteiger partial charge in [0.05, 0.1) is 10.6 Å². The lowest BCUT2D eigenvalue weighted by atomic mass is 10.2. The maximum Gasteiger partial charge on any atom is 0.285 e. The minimum atomic E-state index is -0.140. The fraction of sp³-hybridized carbons (Fsp3) is 0. The van der Waals surface area contributed by atoms with Gasteiger partial charge in [-0.2, -0.15) is 0 Å². The molecule has 3 nitrogen and oxygen atoms in total. The monoisotopic (exact) mass is 390 g/mol.